The molecule has 0 saturated heterocycles. The van der Waals surface area contributed by atoms with Crippen molar-refractivity contribution in [1.29, 1.82) is 0 Å². The van der Waals surface area contributed by atoms with Crippen molar-refractivity contribution in [3.8, 4) is 0 Å². The summed E-state index contributed by atoms with van der Waals surface area (Å²) in [4.78, 5) is 42.4. The summed E-state index contributed by atoms with van der Waals surface area (Å²) in [5.41, 5.74) is 0. The van der Waals surface area contributed by atoms with E-state index in [1.54, 1.807) is 0 Å². The molecule has 0 saturated carbocycles. The van der Waals surface area contributed by atoms with E-state index >= 15 is 0 Å². The minimum atomic E-state index is -5.54. The molecule has 0 aromatic carbocycles. The maximum absolute atomic E-state index is 11.4. The van der Waals surface area contributed by atoms with Gasteiger partial charge < -0.3 is 24.1 Å². The van der Waals surface area contributed by atoms with Crippen LogP contribution in [0.3, 0.4) is 0 Å². The summed E-state index contributed by atoms with van der Waals surface area (Å²) in [5.74, 6) is -0.444. The molecule has 10 heteroatoms. The second-order valence-corrected chi connectivity index (χ2v) is 7.04. The van der Waals surface area contributed by atoms with Gasteiger partial charge >= 0.3 is 7.60 Å². The highest BCUT2D eigenvalue weighted by Gasteiger charge is 2.23. The van der Waals surface area contributed by atoms with Gasteiger partial charge in [0.15, 0.2) is 0 Å². The molecule has 0 aliphatic rings. The molecule has 1 unspecified atom stereocenters. The van der Waals surface area contributed by atoms with Crippen LogP contribution in [-0.4, -0.2) is 35.0 Å². The SMILES string of the molecule is C=CC(=O)N(CCCC)CCP(=O)(O)OP(=O)([O-])[O-]. The second kappa shape index (κ2) is 7.94. The summed E-state index contributed by atoms with van der Waals surface area (Å²) in [5, 5.41) is 0. The topological polar surface area (TPSA) is 130 Å². The van der Waals surface area contributed by atoms with E-state index in [0.717, 1.165) is 12.5 Å². The van der Waals surface area contributed by atoms with Crippen LogP contribution in [0.25, 0.3) is 0 Å². The summed E-state index contributed by atoms with van der Waals surface area (Å²) < 4.78 is 25.2. The molecule has 8 nitrogen and oxygen atoms in total. The average Bonchev–Trinajstić information content (AvgIpc) is 2.25. The summed E-state index contributed by atoms with van der Waals surface area (Å²) >= 11 is 0. The van der Waals surface area contributed by atoms with Crippen LogP contribution in [0.1, 0.15) is 19.8 Å². The Morgan fingerprint density at radius 2 is 2.00 bits per heavy atom. The predicted molar refractivity (Wildman–Crippen MR) is 65.1 cm³/mol. The van der Waals surface area contributed by atoms with E-state index in [1.165, 1.54) is 4.90 Å². The van der Waals surface area contributed by atoms with E-state index in [4.69, 9.17) is 0 Å². The van der Waals surface area contributed by atoms with Crippen LogP contribution < -0.4 is 9.79 Å². The number of nitrogens with zero attached hydrogens (tertiary/aromatic N) is 1. The highest BCUT2D eigenvalue weighted by Crippen LogP contribution is 2.52. The van der Waals surface area contributed by atoms with Crippen LogP contribution >= 0.6 is 15.4 Å². The largest absolute Gasteiger partial charge is 0.789 e. The quantitative estimate of drug-likeness (QED) is 0.462. The third kappa shape index (κ3) is 9.10. The lowest BCUT2D eigenvalue weighted by molar-refractivity contribution is -0.334. The van der Waals surface area contributed by atoms with Crippen molar-refractivity contribution in [2.75, 3.05) is 19.3 Å². The van der Waals surface area contributed by atoms with E-state index in [2.05, 4.69) is 10.9 Å². The number of hydrogen-bond acceptors (Lipinski definition) is 6. The van der Waals surface area contributed by atoms with Crippen molar-refractivity contribution < 1.29 is 32.9 Å². The maximum Gasteiger partial charge on any atom is 0.333 e. The summed E-state index contributed by atoms with van der Waals surface area (Å²) in [6.07, 6.45) is 1.90. The molecular formula is C9H17NO7P2-2. The van der Waals surface area contributed by atoms with Gasteiger partial charge in [0.1, 0.15) is 0 Å². The Balaban J connectivity index is 4.53. The van der Waals surface area contributed by atoms with Crippen LogP contribution in [0, 0.1) is 0 Å². The van der Waals surface area contributed by atoms with Crippen LogP contribution in [0.15, 0.2) is 12.7 Å². The van der Waals surface area contributed by atoms with Crippen molar-refractivity contribution in [1.82, 2.24) is 4.90 Å². The number of carbonyl (C=O) groups excluding carboxylic acids is 1. The minimum absolute atomic E-state index is 0.196. The van der Waals surface area contributed by atoms with E-state index in [0.29, 0.717) is 13.0 Å². The normalized spacial score (nSPS) is 14.7. The molecular weight excluding hydrogens is 296 g/mol. The van der Waals surface area contributed by atoms with E-state index in [1.807, 2.05) is 6.92 Å². The lowest BCUT2D eigenvalue weighted by atomic mass is 10.3. The molecule has 0 aliphatic carbocycles. The standard InChI is InChI=1S/C9H19NO7P2/c1-3-5-6-10(9(11)4-2)7-8-18(12,13)17-19(14,15)16/h4H,2-3,5-8H2,1H3,(H,12,13)(H2,14,15,16)/p-2. The molecule has 0 aliphatic heterocycles. The van der Waals surface area contributed by atoms with Crippen LogP contribution in [0.4, 0.5) is 0 Å². The number of rotatable bonds is 9. The minimum Gasteiger partial charge on any atom is -0.789 e. The van der Waals surface area contributed by atoms with Crippen molar-refractivity contribution in [3.05, 3.63) is 12.7 Å². The fourth-order valence-corrected chi connectivity index (χ4v) is 3.33. The van der Waals surface area contributed by atoms with Crippen LogP contribution in [0.5, 0.6) is 0 Å². The summed E-state index contributed by atoms with van der Waals surface area (Å²) in [6, 6.07) is 0. The smallest absolute Gasteiger partial charge is 0.333 e. The average molecular weight is 313 g/mol. The Hall–Kier alpha value is -0.490. The molecule has 0 bridgehead atoms. The maximum atomic E-state index is 11.4. The molecule has 0 radical (unpaired) electrons. The molecule has 112 valence electrons. The zero-order valence-corrected chi connectivity index (χ0v) is 12.3. The Morgan fingerprint density at radius 3 is 2.42 bits per heavy atom. The first-order valence-corrected chi connectivity index (χ1v) is 8.80. The Kier molecular flexibility index (Phi) is 7.74. The first kappa shape index (κ1) is 18.5. The molecule has 0 aromatic rings. The fraction of sp³-hybridized carbons (Fsp3) is 0.667. The van der Waals surface area contributed by atoms with E-state index < -0.39 is 27.5 Å². The van der Waals surface area contributed by atoms with Crippen molar-refractivity contribution in [2.24, 2.45) is 0 Å². The lowest BCUT2D eigenvalue weighted by Crippen LogP contribution is -2.33. The zero-order chi connectivity index (χ0) is 15.1. The van der Waals surface area contributed by atoms with Gasteiger partial charge in [-0.3, -0.25) is 13.7 Å². The fourth-order valence-electron chi connectivity index (χ4n) is 1.25. The monoisotopic (exact) mass is 313 g/mol. The molecule has 1 amide bonds. The van der Waals surface area contributed by atoms with Crippen LogP contribution in [-0.2, 0) is 18.2 Å². The van der Waals surface area contributed by atoms with Crippen molar-refractivity contribution in [2.45, 2.75) is 19.8 Å². The zero-order valence-electron chi connectivity index (χ0n) is 10.6. The van der Waals surface area contributed by atoms with E-state index in [-0.39, 0.29) is 6.54 Å². The lowest BCUT2D eigenvalue weighted by Gasteiger charge is -2.31. The molecule has 19 heavy (non-hydrogen) atoms. The molecule has 1 N–H and O–H groups in total. The highest BCUT2D eigenvalue weighted by atomic mass is 31.3. The van der Waals surface area contributed by atoms with Gasteiger partial charge in [0.25, 0.3) is 0 Å². The number of phosphoric acid groups is 1. The third-order valence-electron chi connectivity index (χ3n) is 2.15. The van der Waals surface area contributed by atoms with E-state index in [9.17, 15) is 28.6 Å². The number of amides is 1. The molecule has 0 spiro atoms. The third-order valence-corrected chi connectivity index (χ3v) is 4.73. The first-order chi connectivity index (χ1) is 8.61. The Morgan fingerprint density at radius 1 is 1.42 bits per heavy atom. The van der Waals surface area contributed by atoms with Gasteiger partial charge in [0.05, 0.1) is 14.0 Å². The van der Waals surface area contributed by atoms with Crippen LogP contribution in [0.2, 0.25) is 0 Å². The molecule has 0 aromatic heterocycles. The Labute approximate surface area is 111 Å². The summed E-state index contributed by atoms with van der Waals surface area (Å²) in [7, 11) is -10.1. The first-order valence-electron chi connectivity index (χ1n) is 5.58. The molecule has 0 fully saturated rings. The van der Waals surface area contributed by atoms with Gasteiger partial charge in [-0.15, -0.1) is 0 Å². The second-order valence-electron chi connectivity index (χ2n) is 3.77. The predicted octanol–water partition coefficient (Wildman–Crippen LogP) is -0.168. The Bertz CT molecular complexity index is 405. The van der Waals surface area contributed by atoms with Gasteiger partial charge in [-0.1, -0.05) is 19.9 Å². The van der Waals surface area contributed by atoms with Gasteiger partial charge in [0, 0.05) is 13.1 Å². The number of unbranched alkanes of at least 4 members (excludes halogenated alkanes) is 1. The van der Waals surface area contributed by atoms with Gasteiger partial charge in [-0.25, -0.2) is 0 Å². The number of carbonyl (C=O) groups is 1. The van der Waals surface area contributed by atoms with Gasteiger partial charge in [0.2, 0.25) is 5.91 Å². The molecule has 1 atom stereocenters. The number of hydrogen-bond donors (Lipinski definition) is 1. The molecule has 0 heterocycles. The van der Waals surface area contributed by atoms with Gasteiger partial charge in [-0.2, -0.15) is 0 Å². The highest BCUT2D eigenvalue weighted by molar-refractivity contribution is 7.62. The molecule has 0 rings (SSSR count). The van der Waals surface area contributed by atoms with Crippen molar-refractivity contribution >= 4 is 21.3 Å². The van der Waals surface area contributed by atoms with Crippen molar-refractivity contribution in [3.63, 3.8) is 0 Å². The summed E-state index contributed by atoms with van der Waals surface area (Å²) in [6.45, 7) is 5.34. The van der Waals surface area contributed by atoms with Gasteiger partial charge in [-0.05, 0) is 12.5 Å².